The summed E-state index contributed by atoms with van der Waals surface area (Å²) in [6.45, 7) is 3.76. The van der Waals surface area contributed by atoms with Crippen molar-refractivity contribution >= 4 is 11.9 Å². The molecular formula is C18H18F3N3O4. The lowest BCUT2D eigenvalue weighted by atomic mass is 10.1. The number of nitrogens with zero attached hydrogens (tertiary/aromatic N) is 3. The summed E-state index contributed by atoms with van der Waals surface area (Å²) in [6, 6.07) is 4.31. The van der Waals surface area contributed by atoms with Gasteiger partial charge in [0.2, 0.25) is 11.7 Å². The van der Waals surface area contributed by atoms with Crippen molar-refractivity contribution in [3.8, 4) is 11.4 Å². The first-order valence-electron chi connectivity index (χ1n) is 8.61. The van der Waals surface area contributed by atoms with Crippen LogP contribution in [0.5, 0.6) is 0 Å². The van der Waals surface area contributed by atoms with Crippen LogP contribution in [-0.4, -0.2) is 39.5 Å². The molecule has 1 aliphatic rings. The number of alkyl halides is 3. The van der Waals surface area contributed by atoms with Gasteiger partial charge in [0.15, 0.2) is 6.61 Å². The highest BCUT2D eigenvalue weighted by molar-refractivity contribution is 5.86. The molecule has 3 rings (SSSR count). The molecule has 0 saturated carbocycles. The molecule has 1 unspecified atom stereocenters. The predicted molar refractivity (Wildman–Crippen MR) is 89.5 cm³/mol. The monoisotopic (exact) mass is 397 g/mol. The maximum absolute atomic E-state index is 12.6. The summed E-state index contributed by atoms with van der Waals surface area (Å²) in [5.41, 5.74) is -0.446. The Bertz CT molecular complexity index is 862. The molecule has 0 radical (unpaired) electrons. The number of ether oxygens (including phenoxy) is 1. The first kappa shape index (κ1) is 19.8. The molecule has 10 heteroatoms. The first-order valence-corrected chi connectivity index (χ1v) is 8.61. The Morgan fingerprint density at radius 2 is 2.00 bits per heavy atom. The fourth-order valence-corrected chi connectivity index (χ4v) is 2.88. The second kappa shape index (κ2) is 7.61. The van der Waals surface area contributed by atoms with Gasteiger partial charge in [-0.2, -0.15) is 18.2 Å². The van der Waals surface area contributed by atoms with Crippen LogP contribution in [0.1, 0.15) is 31.7 Å². The standard InChI is InChI=1S/C18H18F3N3O4/c1-10(2)24-8-12(7-15(24)25)17(26)27-9-14-22-16(23-28-14)11-3-5-13(6-4-11)18(19,20)21/h3-6,10,12H,7-9H2,1-2H3. The van der Waals surface area contributed by atoms with E-state index < -0.39 is 23.6 Å². The van der Waals surface area contributed by atoms with Crippen LogP contribution < -0.4 is 0 Å². The fourth-order valence-electron chi connectivity index (χ4n) is 2.88. The van der Waals surface area contributed by atoms with E-state index in [0.717, 1.165) is 12.1 Å². The molecule has 1 atom stereocenters. The third-order valence-corrected chi connectivity index (χ3v) is 4.39. The summed E-state index contributed by atoms with van der Waals surface area (Å²) in [5.74, 6) is -1.09. The summed E-state index contributed by atoms with van der Waals surface area (Å²) in [5, 5.41) is 3.68. The molecule has 1 aliphatic heterocycles. The number of amides is 1. The van der Waals surface area contributed by atoms with E-state index in [0.29, 0.717) is 12.1 Å². The molecule has 0 aliphatic carbocycles. The zero-order chi connectivity index (χ0) is 20.5. The minimum atomic E-state index is -4.43. The van der Waals surface area contributed by atoms with Crippen molar-refractivity contribution in [1.82, 2.24) is 15.0 Å². The van der Waals surface area contributed by atoms with Crippen molar-refractivity contribution in [2.24, 2.45) is 5.92 Å². The highest BCUT2D eigenvalue weighted by Gasteiger charge is 2.36. The summed E-state index contributed by atoms with van der Waals surface area (Å²) in [4.78, 5) is 29.6. The smallest absolute Gasteiger partial charge is 0.416 e. The van der Waals surface area contributed by atoms with E-state index in [1.807, 2.05) is 13.8 Å². The van der Waals surface area contributed by atoms with E-state index >= 15 is 0 Å². The van der Waals surface area contributed by atoms with Crippen molar-refractivity contribution in [2.75, 3.05) is 6.54 Å². The van der Waals surface area contributed by atoms with E-state index in [2.05, 4.69) is 10.1 Å². The molecule has 0 N–H and O–H groups in total. The zero-order valence-electron chi connectivity index (χ0n) is 15.2. The Hall–Kier alpha value is -2.91. The van der Waals surface area contributed by atoms with Gasteiger partial charge in [-0.1, -0.05) is 17.3 Å². The zero-order valence-corrected chi connectivity index (χ0v) is 15.2. The number of carbonyl (C=O) groups is 2. The number of hydrogen-bond donors (Lipinski definition) is 0. The number of likely N-dealkylation sites (tertiary alicyclic amines) is 1. The molecule has 28 heavy (non-hydrogen) atoms. The largest absolute Gasteiger partial charge is 0.455 e. The van der Waals surface area contributed by atoms with Crippen molar-refractivity contribution in [1.29, 1.82) is 0 Å². The number of carbonyl (C=O) groups excluding carboxylic acids is 2. The van der Waals surface area contributed by atoms with Crippen molar-refractivity contribution in [3.63, 3.8) is 0 Å². The molecule has 1 saturated heterocycles. The number of hydrogen-bond acceptors (Lipinski definition) is 6. The van der Waals surface area contributed by atoms with E-state index in [4.69, 9.17) is 9.26 Å². The number of aromatic nitrogens is 2. The molecule has 2 aromatic rings. The van der Waals surface area contributed by atoms with Gasteiger partial charge in [0.1, 0.15) is 0 Å². The maximum Gasteiger partial charge on any atom is 0.416 e. The molecule has 1 amide bonds. The lowest BCUT2D eigenvalue weighted by Gasteiger charge is -2.20. The highest BCUT2D eigenvalue weighted by atomic mass is 19.4. The van der Waals surface area contributed by atoms with Gasteiger partial charge in [-0.3, -0.25) is 9.59 Å². The summed E-state index contributed by atoms with van der Waals surface area (Å²) >= 11 is 0. The lowest BCUT2D eigenvalue weighted by Crippen LogP contribution is -2.33. The topological polar surface area (TPSA) is 85.5 Å². The van der Waals surface area contributed by atoms with Gasteiger partial charge >= 0.3 is 12.1 Å². The molecule has 1 aromatic heterocycles. The molecule has 7 nitrogen and oxygen atoms in total. The summed E-state index contributed by atoms with van der Waals surface area (Å²) in [7, 11) is 0. The Balaban J connectivity index is 1.58. The maximum atomic E-state index is 12.6. The molecule has 150 valence electrons. The van der Waals surface area contributed by atoms with Crippen molar-refractivity contribution < 1.29 is 32.0 Å². The van der Waals surface area contributed by atoms with Crippen molar-refractivity contribution in [3.05, 3.63) is 35.7 Å². The van der Waals surface area contributed by atoms with Crippen LogP contribution in [0.15, 0.2) is 28.8 Å². The molecule has 1 aromatic carbocycles. The Morgan fingerprint density at radius 1 is 1.32 bits per heavy atom. The quantitative estimate of drug-likeness (QED) is 0.721. The van der Waals surface area contributed by atoms with Crippen LogP contribution in [-0.2, 0) is 27.1 Å². The van der Waals surface area contributed by atoms with Crippen LogP contribution >= 0.6 is 0 Å². The van der Waals surface area contributed by atoms with E-state index in [9.17, 15) is 22.8 Å². The van der Waals surface area contributed by atoms with E-state index in [1.54, 1.807) is 4.90 Å². The summed E-state index contributed by atoms with van der Waals surface area (Å²) < 4.78 is 47.9. The van der Waals surface area contributed by atoms with E-state index in [1.165, 1.54) is 12.1 Å². The van der Waals surface area contributed by atoms with Gasteiger partial charge in [-0.15, -0.1) is 0 Å². The second-order valence-corrected chi connectivity index (χ2v) is 6.74. The molecule has 1 fully saturated rings. The van der Waals surface area contributed by atoms with Gasteiger partial charge < -0.3 is 14.2 Å². The third-order valence-electron chi connectivity index (χ3n) is 4.39. The predicted octanol–water partition coefficient (Wildman–Crippen LogP) is 3.06. The number of benzene rings is 1. The van der Waals surface area contributed by atoms with Gasteiger partial charge in [-0.25, -0.2) is 0 Å². The van der Waals surface area contributed by atoms with Crippen LogP contribution in [0.25, 0.3) is 11.4 Å². The van der Waals surface area contributed by atoms with Gasteiger partial charge in [-0.05, 0) is 26.0 Å². The number of rotatable bonds is 5. The van der Waals surface area contributed by atoms with E-state index in [-0.39, 0.29) is 36.7 Å². The second-order valence-electron chi connectivity index (χ2n) is 6.74. The van der Waals surface area contributed by atoms with Gasteiger partial charge in [0, 0.05) is 24.6 Å². The minimum absolute atomic E-state index is 0.00697. The molecule has 2 heterocycles. The molecule has 0 bridgehead atoms. The Kier molecular flexibility index (Phi) is 5.39. The van der Waals surface area contributed by atoms with Crippen LogP contribution in [0, 0.1) is 5.92 Å². The average Bonchev–Trinajstić information content (AvgIpc) is 3.26. The van der Waals surface area contributed by atoms with Crippen LogP contribution in [0.4, 0.5) is 13.2 Å². The van der Waals surface area contributed by atoms with Gasteiger partial charge in [0.25, 0.3) is 5.89 Å². The first-order chi connectivity index (χ1) is 13.1. The SMILES string of the molecule is CC(C)N1CC(C(=O)OCc2nc(-c3ccc(C(F)(F)F)cc3)no2)CC1=O. The summed E-state index contributed by atoms with van der Waals surface area (Å²) in [6.07, 6.45) is -4.33. The molecule has 0 spiro atoms. The Morgan fingerprint density at radius 3 is 2.57 bits per heavy atom. The van der Waals surface area contributed by atoms with Gasteiger partial charge in [0.05, 0.1) is 11.5 Å². The lowest BCUT2D eigenvalue weighted by molar-refractivity contribution is -0.150. The minimum Gasteiger partial charge on any atom is -0.455 e. The van der Waals surface area contributed by atoms with Crippen LogP contribution in [0.2, 0.25) is 0 Å². The third kappa shape index (κ3) is 4.32. The number of esters is 1. The normalized spacial score (nSPS) is 17.4. The molecular weight excluding hydrogens is 379 g/mol. The van der Waals surface area contributed by atoms with Crippen molar-refractivity contribution in [2.45, 2.75) is 39.1 Å². The van der Waals surface area contributed by atoms with Crippen LogP contribution in [0.3, 0.4) is 0 Å². The average molecular weight is 397 g/mol. The fraction of sp³-hybridized carbons (Fsp3) is 0.444. The Labute approximate surface area is 158 Å². The highest BCUT2D eigenvalue weighted by Crippen LogP contribution is 2.30. The number of halogens is 3.